The lowest BCUT2D eigenvalue weighted by Gasteiger charge is -2.28. The van der Waals surface area contributed by atoms with Crippen LogP contribution >= 0.6 is 0 Å². The van der Waals surface area contributed by atoms with Crippen LogP contribution in [0.1, 0.15) is 27.7 Å². The summed E-state index contributed by atoms with van der Waals surface area (Å²) in [6.07, 6.45) is 3.70. The van der Waals surface area contributed by atoms with Crippen molar-refractivity contribution in [1.82, 2.24) is 5.32 Å². The third-order valence-corrected chi connectivity index (χ3v) is 1.96. The van der Waals surface area contributed by atoms with Gasteiger partial charge in [0.2, 0.25) is 0 Å². The van der Waals surface area contributed by atoms with Crippen LogP contribution in [0, 0.1) is 0 Å². The maximum absolute atomic E-state index is 9.29. The Bertz CT molecular complexity index is 128. The first-order chi connectivity index (χ1) is 5.00. The van der Waals surface area contributed by atoms with Crippen molar-refractivity contribution in [2.75, 3.05) is 6.54 Å². The third-order valence-electron chi connectivity index (χ3n) is 1.96. The Morgan fingerprint density at radius 3 is 2.45 bits per heavy atom. The summed E-state index contributed by atoms with van der Waals surface area (Å²) < 4.78 is 0. The van der Waals surface area contributed by atoms with Gasteiger partial charge in [-0.2, -0.15) is 0 Å². The molecule has 0 amide bonds. The second kappa shape index (κ2) is 4.52. The minimum Gasteiger partial charge on any atom is -0.392 e. The number of aliphatic hydroxyl groups excluding tert-OH is 1. The summed E-state index contributed by atoms with van der Waals surface area (Å²) in [4.78, 5) is 0. The molecule has 0 heterocycles. The van der Waals surface area contributed by atoms with E-state index in [1.54, 1.807) is 6.92 Å². The van der Waals surface area contributed by atoms with E-state index in [9.17, 15) is 5.11 Å². The van der Waals surface area contributed by atoms with Crippen molar-refractivity contribution in [1.29, 1.82) is 0 Å². The maximum atomic E-state index is 9.29. The molecule has 0 aromatic carbocycles. The molecule has 0 aliphatic carbocycles. The Hall–Kier alpha value is -0.340. The van der Waals surface area contributed by atoms with Crippen molar-refractivity contribution in [3.8, 4) is 0 Å². The average molecular weight is 157 g/mol. The van der Waals surface area contributed by atoms with Crippen molar-refractivity contribution in [3.05, 3.63) is 12.2 Å². The number of rotatable bonds is 4. The fraction of sp³-hybridized carbons (Fsp3) is 0.778. The van der Waals surface area contributed by atoms with Crippen molar-refractivity contribution in [2.45, 2.75) is 39.3 Å². The van der Waals surface area contributed by atoms with Gasteiger partial charge in [-0.1, -0.05) is 12.2 Å². The highest BCUT2D eigenvalue weighted by molar-refractivity contribution is 4.88. The second-order valence-corrected chi connectivity index (χ2v) is 3.35. The van der Waals surface area contributed by atoms with Crippen LogP contribution in [-0.2, 0) is 0 Å². The summed E-state index contributed by atoms with van der Waals surface area (Å²) in [5.74, 6) is 0. The molecule has 0 aliphatic heterocycles. The van der Waals surface area contributed by atoms with Gasteiger partial charge in [0.1, 0.15) is 0 Å². The Morgan fingerprint density at radius 2 is 2.09 bits per heavy atom. The molecule has 0 aromatic rings. The Labute approximate surface area is 69.3 Å². The minimum atomic E-state index is -0.326. The number of nitrogens with one attached hydrogen (secondary N) is 1. The third kappa shape index (κ3) is 4.17. The van der Waals surface area contributed by atoms with Crippen LogP contribution in [0.25, 0.3) is 0 Å². The van der Waals surface area contributed by atoms with Gasteiger partial charge in [-0.05, 0) is 27.7 Å². The van der Waals surface area contributed by atoms with Gasteiger partial charge in [0.15, 0.2) is 0 Å². The molecule has 1 atom stereocenters. The zero-order chi connectivity index (χ0) is 8.91. The van der Waals surface area contributed by atoms with Gasteiger partial charge in [0.05, 0.1) is 6.10 Å². The highest BCUT2D eigenvalue weighted by Crippen LogP contribution is 2.07. The van der Waals surface area contributed by atoms with E-state index in [2.05, 4.69) is 5.32 Å². The molecule has 0 rings (SSSR count). The average Bonchev–Trinajstić information content (AvgIpc) is 1.88. The van der Waals surface area contributed by atoms with E-state index < -0.39 is 0 Å². The van der Waals surface area contributed by atoms with Crippen LogP contribution < -0.4 is 5.32 Å². The lowest BCUT2D eigenvalue weighted by molar-refractivity contribution is 0.0994. The van der Waals surface area contributed by atoms with Crippen LogP contribution in [0.2, 0.25) is 0 Å². The maximum Gasteiger partial charge on any atom is 0.0688 e. The zero-order valence-electron chi connectivity index (χ0n) is 7.89. The van der Waals surface area contributed by atoms with E-state index in [-0.39, 0.29) is 11.6 Å². The van der Waals surface area contributed by atoms with Gasteiger partial charge >= 0.3 is 0 Å². The predicted octanol–water partition coefficient (Wildman–Crippen LogP) is 1.31. The van der Waals surface area contributed by atoms with Crippen LogP contribution in [0.3, 0.4) is 0 Å². The number of allylic oxidation sites excluding steroid dienone is 1. The molecule has 66 valence electrons. The first-order valence-corrected chi connectivity index (χ1v) is 4.05. The molecule has 0 saturated carbocycles. The van der Waals surface area contributed by atoms with Gasteiger partial charge in [0, 0.05) is 12.1 Å². The van der Waals surface area contributed by atoms with Gasteiger partial charge in [0.25, 0.3) is 0 Å². The molecule has 2 nitrogen and oxygen atoms in total. The van der Waals surface area contributed by atoms with Crippen molar-refractivity contribution >= 4 is 0 Å². The molecule has 0 fully saturated rings. The number of aliphatic hydroxyl groups is 1. The fourth-order valence-electron chi connectivity index (χ4n) is 0.588. The topological polar surface area (TPSA) is 32.3 Å². The van der Waals surface area contributed by atoms with Gasteiger partial charge < -0.3 is 10.4 Å². The van der Waals surface area contributed by atoms with Crippen LogP contribution in [0.15, 0.2) is 12.2 Å². The second-order valence-electron chi connectivity index (χ2n) is 3.35. The van der Waals surface area contributed by atoms with Crippen LogP contribution in [-0.4, -0.2) is 23.3 Å². The molecule has 2 heteroatoms. The smallest absolute Gasteiger partial charge is 0.0688 e. The molecule has 0 aliphatic rings. The monoisotopic (exact) mass is 157 g/mol. The molecule has 1 unspecified atom stereocenters. The molecule has 0 radical (unpaired) electrons. The molecular formula is C9H19NO. The standard InChI is InChI=1S/C9H19NO/c1-5-6-7-10-9(3,4)8(2)11/h5-6,8,10-11H,7H2,1-4H3/b6-5+. The molecular weight excluding hydrogens is 138 g/mol. The van der Waals surface area contributed by atoms with Crippen molar-refractivity contribution in [3.63, 3.8) is 0 Å². The van der Waals surface area contributed by atoms with Gasteiger partial charge in [-0.15, -0.1) is 0 Å². The summed E-state index contributed by atoms with van der Waals surface area (Å²) in [5, 5.41) is 12.5. The molecule has 0 spiro atoms. The van der Waals surface area contributed by atoms with Crippen LogP contribution in [0.4, 0.5) is 0 Å². The van der Waals surface area contributed by atoms with E-state index >= 15 is 0 Å². The van der Waals surface area contributed by atoms with Crippen molar-refractivity contribution < 1.29 is 5.11 Å². The SMILES string of the molecule is C/C=C/CNC(C)(C)C(C)O. The van der Waals surface area contributed by atoms with E-state index in [4.69, 9.17) is 0 Å². The van der Waals surface area contributed by atoms with Gasteiger partial charge in [-0.3, -0.25) is 0 Å². The highest BCUT2D eigenvalue weighted by Gasteiger charge is 2.21. The molecule has 11 heavy (non-hydrogen) atoms. The van der Waals surface area contributed by atoms with Gasteiger partial charge in [-0.25, -0.2) is 0 Å². The molecule has 0 bridgehead atoms. The summed E-state index contributed by atoms with van der Waals surface area (Å²) >= 11 is 0. The largest absolute Gasteiger partial charge is 0.392 e. The zero-order valence-corrected chi connectivity index (χ0v) is 7.89. The normalized spacial score (nSPS) is 15.7. The summed E-state index contributed by atoms with van der Waals surface area (Å²) in [6.45, 7) is 8.57. The summed E-state index contributed by atoms with van der Waals surface area (Å²) in [7, 11) is 0. The van der Waals surface area contributed by atoms with Crippen LogP contribution in [0.5, 0.6) is 0 Å². The van der Waals surface area contributed by atoms with E-state index in [1.807, 2.05) is 32.9 Å². The van der Waals surface area contributed by atoms with E-state index in [0.29, 0.717) is 0 Å². The molecule has 0 saturated heterocycles. The number of hydrogen-bond donors (Lipinski definition) is 2. The quantitative estimate of drug-likeness (QED) is 0.603. The minimum absolute atomic E-state index is 0.195. The number of hydrogen-bond acceptors (Lipinski definition) is 2. The van der Waals surface area contributed by atoms with Crippen molar-refractivity contribution in [2.24, 2.45) is 0 Å². The van der Waals surface area contributed by atoms with E-state index in [1.165, 1.54) is 0 Å². The Morgan fingerprint density at radius 1 is 1.55 bits per heavy atom. The lowest BCUT2D eigenvalue weighted by Crippen LogP contribution is -2.48. The first kappa shape index (κ1) is 10.7. The molecule has 2 N–H and O–H groups in total. The Kier molecular flexibility index (Phi) is 4.38. The predicted molar refractivity (Wildman–Crippen MR) is 48.6 cm³/mol. The summed E-state index contributed by atoms with van der Waals surface area (Å²) in [6, 6.07) is 0. The summed E-state index contributed by atoms with van der Waals surface area (Å²) in [5.41, 5.74) is -0.195. The lowest BCUT2D eigenvalue weighted by atomic mass is 9.99. The Balaban J connectivity index is 3.73. The highest BCUT2D eigenvalue weighted by atomic mass is 16.3. The fourth-order valence-corrected chi connectivity index (χ4v) is 0.588. The first-order valence-electron chi connectivity index (χ1n) is 4.05. The molecule has 0 aromatic heterocycles. The van der Waals surface area contributed by atoms with E-state index in [0.717, 1.165) is 6.54 Å².